The molecule has 0 bridgehead atoms. The molecule has 0 saturated heterocycles. The van der Waals surface area contributed by atoms with E-state index in [4.69, 9.17) is 16.3 Å². The number of anilines is 2. The fourth-order valence-corrected chi connectivity index (χ4v) is 3.97. The molecule has 14 heteroatoms. The Morgan fingerprint density at radius 2 is 2.06 bits per heavy atom. The van der Waals surface area contributed by atoms with Crippen molar-refractivity contribution >= 4 is 55.2 Å². The number of nitrogens with one attached hydrogen (secondary N) is 2. The molecule has 0 fully saturated rings. The van der Waals surface area contributed by atoms with Crippen LogP contribution in [0.25, 0.3) is 11.4 Å². The second kappa shape index (κ2) is 9.38. The van der Waals surface area contributed by atoms with Gasteiger partial charge in [-0.25, -0.2) is 27.9 Å². The van der Waals surface area contributed by atoms with Gasteiger partial charge in [-0.1, -0.05) is 16.8 Å². The molecule has 32 heavy (non-hydrogen) atoms. The summed E-state index contributed by atoms with van der Waals surface area (Å²) in [5, 5.41) is 10.8. The van der Waals surface area contributed by atoms with Gasteiger partial charge in [0.1, 0.15) is 11.3 Å². The molecular formula is C18H19BrClN7O4S. The van der Waals surface area contributed by atoms with Gasteiger partial charge in [0.05, 0.1) is 23.3 Å². The van der Waals surface area contributed by atoms with Crippen LogP contribution < -0.4 is 10.0 Å². The van der Waals surface area contributed by atoms with Gasteiger partial charge in [-0.3, -0.25) is 10.0 Å². The van der Waals surface area contributed by atoms with Crippen LogP contribution in [-0.4, -0.2) is 45.7 Å². The summed E-state index contributed by atoms with van der Waals surface area (Å²) in [6.07, 6.45) is 1.15. The molecule has 11 nitrogen and oxygen atoms in total. The van der Waals surface area contributed by atoms with E-state index in [2.05, 4.69) is 46.2 Å². The summed E-state index contributed by atoms with van der Waals surface area (Å²) in [6, 6.07) is 4.83. The number of ether oxygens (including phenoxy) is 1. The second-order valence-electron chi connectivity index (χ2n) is 6.82. The van der Waals surface area contributed by atoms with Crippen LogP contribution in [0.2, 0.25) is 5.15 Å². The number of carbonyl (C=O) groups excluding carboxylic acids is 1. The Morgan fingerprint density at radius 3 is 2.72 bits per heavy atom. The molecule has 3 heterocycles. The van der Waals surface area contributed by atoms with Crippen molar-refractivity contribution in [3.8, 4) is 11.4 Å². The number of amides is 1. The maximum atomic E-state index is 12.5. The number of sulfonamides is 1. The Hall–Kier alpha value is -2.77. The first-order valence-electron chi connectivity index (χ1n) is 9.08. The topological polar surface area (TPSA) is 141 Å². The van der Waals surface area contributed by atoms with Gasteiger partial charge in [0.25, 0.3) is 0 Å². The van der Waals surface area contributed by atoms with Crippen LogP contribution in [0.4, 0.5) is 16.3 Å². The number of aromatic nitrogens is 5. The third-order valence-electron chi connectivity index (χ3n) is 4.23. The molecule has 0 aliphatic carbocycles. The van der Waals surface area contributed by atoms with Crippen LogP contribution >= 0.6 is 27.5 Å². The predicted octanol–water partition coefficient (Wildman–Crippen LogP) is 3.68. The van der Waals surface area contributed by atoms with E-state index in [0.717, 1.165) is 6.26 Å². The second-order valence-corrected chi connectivity index (χ2v) is 9.84. The van der Waals surface area contributed by atoms with Crippen LogP contribution in [0.1, 0.15) is 24.3 Å². The summed E-state index contributed by atoms with van der Waals surface area (Å²) < 4.78 is 32.8. The Bertz CT molecular complexity index is 1280. The lowest BCUT2D eigenvalue weighted by Crippen LogP contribution is -2.18. The molecule has 0 aliphatic heterocycles. The summed E-state index contributed by atoms with van der Waals surface area (Å²) in [6.45, 7) is 3.31. The summed E-state index contributed by atoms with van der Waals surface area (Å²) in [4.78, 5) is 20.9. The zero-order chi connectivity index (χ0) is 23.6. The van der Waals surface area contributed by atoms with Crippen molar-refractivity contribution in [2.45, 2.75) is 20.0 Å². The Morgan fingerprint density at radius 1 is 1.34 bits per heavy atom. The van der Waals surface area contributed by atoms with E-state index < -0.39 is 22.2 Å². The van der Waals surface area contributed by atoms with Gasteiger partial charge in [0.2, 0.25) is 10.0 Å². The summed E-state index contributed by atoms with van der Waals surface area (Å²) >= 11 is 9.41. The van der Waals surface area contributed by atoms with Gasteiger partial charge in [-0.2, -0.15) is 0 Å². The number of hydrogen-bond acceptors (Lipinski definition) is 8. The SMILES string of the molecule is Cc1nc(-c2nnn(C)c2NC(=O)OC(C)c2cc(Br)cnc2Cl)ccc1NS(C)(=O)=O. The molecule has 170 valence electrons. The third-order valence-corrected chi connectivity index (χ3v) is 5.57. The number of hydrogen-bond donors (Lipinski definition) is 2. The lowest BCUT2D eigenvalue weighted by molar-refractivity contribution is 0.121. The van der Waals surface area contributed by atoms with Crippen LogP contribution in [0.3, 0.4) is 0 Å². The predicted molar refractivity (Wildman–Crippen MR) is 123 cm³/mol. The molecule has 0 spiro atoms. The molecule has 1 unspecified atom stereocenters. The van der Waals surface area contributed by atoms with Gasteiger partial charge in [-0.15, -0.1) is 5.10 Å². The number of aryl methyl sites for hydroxylation is 2. The first kappa shape index (κ1) is 23.9. The van der Waals surface area contributed by atoms with Gasteiger partial charge in [0, 0.05) is 23.3 Å². The number of pyridine rings is 2. The van der Waals surface area contributed by atoms with Gasteiger partial charge >= 0.3 is 6.09 Å². The molecule has 3 rings (SSSR count). The van der Waals surface area contributed by atoms with E-state index in [1.165, 1.54) is 10.9 Å². The van der Waals surface area contributed by atoms with Crippen LogP contribution in [-0.2, 0) is 21.8 Å². The molecule has 1 atom stereocenters. The maximum Gasteiger partial charge on any atom is 0.413 e. The zero-order valence-corrected chi connectivity index (χ0v) is 20.6. The minimum Gasteiger partial charge on any atom is -0.441 e. The monoisotopic (exact) mass is 543 g/mol. The molecule has 0 aliphatic rings. The number of rotatable bonds is 6. The van der Waals surface area contributed by atoms with E-state index in [1.807, 2.05) is 0 Å². The molecule has 1 amide bonds. The molecule has 3 aromatic heterocycles. The van der Waals surface area contributed by atoms with Crippen molar-refractivity contribution in [3.63, 3.8) is 0 Å². The van der Waals surface area contributed by atoms with Crippen molar-refractivity contribution in [1.29, 1.82) is 0 Å². The van der Waals surface area contributed by atoms with E-state index in [0.29, 0.717) is 27.1 Å². The largest absolute Gasteiger partial charge is 0.441 e. The molecule has 0 radical (unpaired) electrons. The Kier molecular flexibility index (Phi) is 7.00. The first-order valence-corrected chi connectivity index (χ1v) is 12.1. The minimum absolute atomic E-state index is 0.221. The normalized spacial score (nSPS) is 12.3. The van der Waals surface area contributed by atoms with Crippen LogP contribution in [0.5, 0.6) is 0 Å². The average molecular weight is 545 g/mol. The van der Waals surface area contributed by atoms with Crippen LogP contribution in [0, 0.1) is 6.92 Å². The Labute approximate surface area is 197 Å². The molecule has 3 aromatic rings. The van der Waals surface area contributed by atoms with Gasteiger partial charge in [0.15, 0.2) is 11.5 Å². The highest BCUT2D eigenvalue weighted by Crippen LogP contribution is 2.29. The zero-order valence-electron chi connectivity index (χ0n) is 17.4. The van der Waals surface area contributed by atoms with E-state index >= 15 is 0 Å². The van der Waals surface area contributed by atoms with E-state index in [-0.39, 0.29) is 16.7 Å². The standard InChI is InChI=1S/C18H19BrClN7O4S/c1-9-13(25-32(4,29)30)5-6-14(22-9)15-17(27(3)26-24-15)23-18(28)31-10(2)12-7-11(19)8-21-16(12)20/h5-8,10,25H,1-4H3,(H,23,28). The van der Waals surface area contributed by atoms with Gasteiger partial charge < -0.3 is 4.74 Å². The molecule has 2 N–H and O–H groups in total. The molecular weight excluding hydrogens is 526 g/mol. The lowest BCUT2D eigenvalue weighted by Gasteiger charge is -2.15. The van der Waals surface area contributed by atoms with Crippen molar-refractivity contribution in [2.24, 2.45) is 7.05 Å². The molecule has 0 saturated carbocycles. The maximum absolute atomic E-state index is 12.5. The fourth-order valence-electron chi connectivity index (χ4n) is 2.74. The number of nitrogens with zero attached hydrogens (tertiary/aromatic N) is 5. The highest BCUT2D eigenvalue weighted by atomic mass is 79.9. The van der Waals surface area contributed by atoms with Crippen molar-refractivity contribution < 1.29 is 17.9 Å². The highest BCUT2D eigenvalue weighted by molar-refractivity contribution is 9.10. The van der Waals surface area contributed by atoms with E-state index in [9.17, 15) is 13.2 Å². The number of carbonyl (C=O) groups is 1. The number of halogens is 2. The average Bonchev–Trinajstić information content (AvgIpc) is 3.04. The highest BCUT2D eigenvalue weighted by Gasteiger charge is 2.21. The minimum atomic E-state index is -3.45. The quantitative estimate of drug-likeness (QED) is 0.448. The van der Waals surface area contributed by atoms with Crippen LogP contribution in [0.15, 0.2) is 28.9 Å². The lowest BCUT2D eigenvalue weighted by atomic mass is 10.2. The summed E-state index contributed by atoms with van der Waals surface area (Å²) in [5.41, 5.74) is 1.97. The van der Waals surface area contributed by atoms with E-state index in [1.54, 1.807) is 39.1 Å². The van der Waals surface area contributed by atoms with Gasteiger partial charge in [-0.05, 0) is 48.0 Å². The molecule has 0 aromatic carbocycles. The smallest absolute Gasteiger partial charge is 0.413 e. The first-order chi connectivity index (χ1) is 14.9. The van der Waals surface area contributed by atoms with Crippen molar-refractivity contribution in [2.75, 3.05) is 16.3 Å². The van der Waals surface area contributed by atoms with Crippen molar-refractivity contribution in [1.82, 2.24) is 25.0 Å². The van der Waals surface area contributed by atoms with Crippen molar-refractivity contribution in [3.05, 3.63) is 45.3 Å². The fraction of sp³-hybridized carbons (Fsp3) is 0.278. The summed E-state index contributed by atoms with van der Waals surface area (Å²) in [7, 11) is -1.86. The Balaban J connectivity index is 1.81. The third kappa shape index (κ3) is 5.72. The summed E-state index contributed by atoms with van der Waals surface area (Å²) in [5.74, 6) is 0.247.